The van der Waals surface area contributed by atoms with E-state index in [-0.39, 0.29) is 35.6 Å². The van der Waals surface area contributed by atoms with E-state index in [2.05, 4.69) is 52.2 Å². The van der Waals surface area contributed by atoms with Gasteiger partial charge in [-0.3, -0.25) is 9.59 Å². The van der Waals surface area contributed by atoms with Crippen LogP contribution in [0.2, 0.25) is 0 Å². The zero-order chi connectivity index (χ0) is 24.3. The highest BCUT2D eigenvalue weighted by Crippen LogP contribution is 2.40. The van der Waals surface area contributed by atoms with Gasteiger partial charge in [0.05, 0.1) is 6.54 Å². The Morgan fingerprint density at radius 2 is 1.38 bits per heavy atom. The number of aromatic hydroxyl groups is 1. The quantitative estimate of drug-likeness (QED) is 0.573. The van der Waals surface area contributed by atoms with Gasteiger partial charge in [0, 0.05) is 12.1 Å². The first-order valence-electron chi connectivity index (χ1n) is 11.2. The molecule has 2 aromatic carbocycles. The summed E-state index contributed by atoms with van der Waals surface area (Å²) in [6.07, 6.45) is 0.811. The van der Waals surface area contributed by atoms with Crippen LogP contribution in [0.3, 0.4) is 0 Å². The molecule has 0 atom stereocenters. The predicted molar refractivity (Wildman–Crippen MR) is 131 cm³/mol. The second-order valence-corrected chi connectivity index (χ2v) is 10.6. The summed E-state index contributed by atoms with van der Waals surface area (Å²) in [4.78, 5) is 24.7. The van der Waals surface area contributed by atoms with Crippen molar-refractivity contribution in [3.8, 4) is 5.75 Å². The number of carbonyl (C=O) groups excluding carboxylic acids is 2. The molecule has 5 heteroatoms. The second-order valence-electron chi connectivity index (χ2n) is 10.6. The van der Waals surface area contributed by atoms with E-state index in [9.17, 15) is 14.7 Å². The van der Waals surface area contributed by atoms with Gasteiger partial charge in [-0.1, -0.05) is 71.9 Å². The number of rotatable bonds is 6. The molecule has 2 rings (SSSR count). The number of aryl methyl sites for hydroxylation is 3. The summed E-state index contributed by atoms with van der Waals surface area (Å²) in [5, 5.41) is 16.4. The molecule has 0 aliphatic rings. The first-order chi connectivity index (χ1) is 14.7. The van der Waals surface area contributed by atoms with Crippen LogP contribution in [0.5, 0.6) is 5.75 Å². The van der Waals surface area contributed by atoms with Crippen molar-refractivity contribution >= 4 is 17.5 Å². The molecule has 2 amide bonds. The van der Waals surface area contributed by atoms with Gasteiger partial charge in [0.15, 0.2) is 0 Å². The van der Waals surface area contributed by atoms with Gasteiger partial charge in [0.2, 0.25) is 11.8 Å². The maximum absolute atomic E-state index is 12.4. The van der Waals surface area contributed by atoms with Crippen molar-refractivity contribution in [1.29, 1.82) is 0 Å². The van der Waals surface area contributed by atoms with Crippen molar-refractivity contribution < 1.29 is 14.7 Å². The lowest BCUT2D eigenvalue weighted by molar-refractivity contribution is -0.124. The van der Waals surface area contributed by atoms with Crippen LogP contribution in [0.1, 0.15) is 75.8 Å². The molecule has 3 N–H and O–H groups in total. The average molecular weight is 439 g/mol. The molecule has 0 bridgehead atoms. The summed E-state index contributed by atoms with van der Waals surface area (Å²) in [6.45, 7) is 16.2. The van der Waals surface area contributed by atoms with Crippen LogP contribution in [0, 0.1) is 13.8 Å². The number of hydrogen-bond donors (Lipinski definition) is 3. The van der Waals surface area contributed by atoms with Crippen LogP contribution >= 0.6 is 0 Å². The molecule has 32 heavy (non-hydrogen) atoms. The topological polar surface area (TPSA) is 78.4 Å². The zero-order valence-electron chi connectivity index (χ0n) is 20.8. The van der Waals surface area contributed by atoms with Crippen LogP contribution in [0.25, 0.3) is 0 Å². The molecular formula is C27H38N2O3. The number of carbonyl (C=O) groups is 2. The van der Waals surface area contributed by atoms with Gasteiger partial charge in [0.1, 0.15) is 5.75 Å². The Kier molecular flexibility index (Phi) is 7.76. The molecule has 0 heterocycles. The SMILES string of the molecule is Cc1cccc(C)c1NC(=O)CNC(=O)CCc1cc(C(C)(C)C)c(O)c(C(C)(C)C)c1. The highest BCUT2D eigenvalue weighted by atomic mass is 16.3. The molecule has 0 aromatic heterocycles. The third-order valence-electron chi connectivity index (χ3n) is 5.62. The maximum Gasteiger partial charge on any atom is 0.243 e. The fraction of sp³-hybridized carbons (Fsp3) is 0.481. The average Bonchev–Trinajstić information content (AvgIpc) is 2.66. The molecule has 0 aliphatic heterocycles. The summed E-state index contributed by atoms with van der Waals surface area (Å²) >= 11 is 0. The standard InChI is InChI=1S/C27H38N2O3/c1-17-10-9-11-18(2)24(17)29-23(31)16-28-22(30)13-12-19-14-20(26(3,4)5)25(32)21(15-19)27(6,7)8/h9-11,14-15,32H,12-13,16H2,1-8H3,(H,28,30)(H,29,31). The normalized spacial score (nSPS) is 11.9. The fourth-order valence-electron chi connectivity index (χ4n) is 3.70. The van der Waals surface area contributed by atoms with E-state index >= 15 is 0 Å². The second kappa shape index (κ2) is 9.76. The van der Waals surface area contributed by atoms with Crippen molar-refractivity contribution in [2.45, 2.75) is 79.1 Å². The number of amides is 2. The molecule has 174 valence electrons. The van der Waals surface area contributed by atoms with Gasteiger partial charge < -0.3 is 15.7 Å². The first-order valence-corrected chi connectivity index (χ1v) is 11.2. The minimum absolute atomic E-state index is 0.0668. The molecule has 0 spiro atoms. The van der Waals surface area contributed by atoms with Gasteiger partial charge in [-0.15, -0.1) is 0 Å². The van der Waals surface area contributed by atoms with Gasteiger partial charge in [-0.2, -0.15) is 0 Å². The summed E-state index contributed by atoms with van der Waals surface area (Å²) in [6, 6.07) is 9.81. The van der Waals surface area contributed by atoms with Crippen LogP contribution in [-0.4, -0.2) is 23.5 Å². The maximum atomic E-state index is 12.4. The van der Waals surface area contributed by atoms with E-state index < -0.39 is 0 Å². The van der Waals surface area contributed by atoms with Crippen LogP contribution < -0.4 is 10.6 Å². The Hall–Kier alpha value is -2.82. The summed E-state index contributed by atoms with van der Waals surface area (Å²) in [7, 11) is 0. The molecule has 0 saturated heterocycles. The molecule has 0 unspecified atom stereocenters. The summed E-state index contributed by atoms with van der Waals surface area (Å²) in [5.41, 5.74) is 5.11. The first kappa shape index (κ1) is 25.4. The fourth-order valence-corrected chi connectivity index (χ4v) is 3.70. The van der Waals surface area contributed by atoms with E-state index in [1.807, 2.05) is 44.2 Å². The minimum atomic E-state index is -0.245. The Morgan fingerprint density at radius 3 is 1.84 bits per heavy atom. The van der Waals surface area contributed by atoms with E-state index in [0.29, 0.717) is 12.2 Å². The molecule has 2 aromatic rings. The lowest BCUT2D eigenvalue weighted by Crippen LogP contribution is -2.33. The van der Waals surface area contributed by atoms with Gasteiger partial charge in [-0.25, -0.2) is 0 Å². The molecule has 0 fully saturated rings. The Balaban J connectivity index is 2.02. The summed E-state index contributed by atoms with van der Waals surface area (Å²) < 4.78 is 0. The van der Waals surface area contributed by atoms with Gasteiger partial charge in [-0.05, 0) is 58.9 Å². The third kappa shape index (κ3) is 6.59. The Bertz CT molecular complexity index is 940. The molecule has 0 radical (unpaired) electrons. The molecule has 0 saturated carbocycles. The van der Waals surface area contributed by atoms with Crippen molar-refractivity contribution in [3.63, 3.8) is 0 Å². The Morgan fingerprint density at radius 1 is 0.875 bits per heavy atom. The highest BCUT2D eigenvalue weighted by Gasteiger charge is 2.26. The lowest BCUT2D eigenvalue weighted by atomic mass is 9.78. The zero-order valence-corrected chi connectivity index (χ0v) is 20.8. The largest absolute Gasteiger partial charge is 0.507 e. The van der Waals surface area contributed by atoms with Crippen molar-refractivity contribution in [1.82, 2.24) is 5.32 Å². The van der Waals surface area contributed by atoms with E-state index in [4.69, 9.17) is 0 Å². The molecular weight excluding hydrogens is 400 g/mol. The number of para-hydroxylation sites is 1. The minimum Gasteiger partial charge on any atom is -0.507 e. The number of phenolic OH excluding ortho intramolecular Hbond substituents is 1. The third-order valence-corrected chi connectivity index (χ3v) is 5.62. The van der Waals surface area contributed by atoms with Gasteiger partial charge in [0.25, 0.3) is 0 Å². The van der Waals surface area contributed by atoms with Crippen molar-refractivity contribution in [3.05, 3.63) is 58.1 Å². The predicted octanol–water partition coefficient (Wildman–Crippen LogP) is 5.29. The van der Waals surface area contributed by atoms with E-state index in [1.165, 1.54) is 0 Å². The smallest absolute Gasteiger partial charge is 0.243 e. The number of phenols is 1. The van der Waals surface area contributed by atoms with Crippen molar-refractivity contribution in [2.75, 3.05) is 11.9 Å². The number of anilines is 1. The monoisotopic (exact) mass is 438 g/mol. The van der Waals surface area contributed by atoms with Gasteiger partial charge >= 0.3 is 0 Å². The van der Waals surface area contributed by atoms with Crippen LogP contribution in [0.15, 0.2) is 30.3 Å². The number of hydrogen-bond acceptors (Lipinski definition) is 3. The van der Waals surface area contributed by atoms with E-state index in [1.54, 1.807) is 0 Å². The molecule has 0 aliphatic carbocycles. The van der Waals surface area contributed by atoms with E-state index in [0.717, 1.165) is 33.5 Å². The Labute approximate surface area is 192 Å². The highest BCUT2D eigenvalue weighted by molar-refractivity contribution is 5.95. The van der Waals surface area contributed by atoms with Crippen LogP contribution in [-0.2, 0) is 26.8 Å². The number of benzene rings is 2. The van der Waals surface area contributed by atoms with Crippen molar-refractivity contribution in [2.24, 2.45) is 0 Å². The summed E-state index contributed by atoms with van der Waals surface area (Å²) in [5.74, 6) is -0.0869. The molecule has 5 nitrogen and oxygen atoms in total. The lowest BCUT2D eigenvalue weighted by Gasteiger charge is -2.28. The van der Waals surface area contributed by atoms with Crippen LogP contribution in [0.4, 0.5) is 5.69 Å². The number of nitrogens with one attached hydrogen (secondary N) is 2.